The van der Waals surface area contributed by atoms with Crippen LogP contribution in [-0.2, 0) is 15.9 Å². The number of carboxylic acid groups (broad SMARTS) is 1. The van der Waals surface area contributed by atoms with Crippen LogP contribution in [0.4, 0.5) is 10.5 Å². The Hall–Kier alpha value is -4.59. The lowest BCUT2D eigenvalue weighted by molar-refractivity contribution is 0.0278. The maximum absolute atomic E-state index is 11.7. The van der Waals surface area contributed by atoms with Crippen molar-refractivity contribution in [2.24, 2.45) is 11.3 Å². The second kappa shape index (κ2) is 12.1. The van der Waals surface area contributed by atoms with Crippen molar-refractivity contribution >= 4 is 17.4 Å². The third kappa shape index (κ3) is 6.11. The van der Waals surface area contributed by atoms with Gasteiger partial charge in [-0.2, -0.15) is 0 Å². The lowest BCUT2D eigenvalue weighted by Crippen LogP contribution is -2.60. The molecule has 0 spiro atoms. The molecule has 3 aliphatic rings. The van der Waals surface area contributed by atoms with Crippen LogP contribution in [0.1, 0.15) is 88.8 Å². The number of anilines is 1. The number of fused-ring (bicyclic) bond motifs is 6. The average Bonchev–Trinajstić information content (AvgIpc) is 2.98. The highest BCUT2D eigenvalue weighted by Gasteiger charge is 2.50. The summed E-state index contributed by atoms with van der Waals surface area (Å²) in [5.74, 6) is 3.25. The molecular weight excluding hydrogens is 616 g/mol. The Balaban J connectivity index is 0.000000199. The minimum absolute atomic E-state index is 0.0533. The van der Waals surface area contributed by atoms with Gasteiger partial charge in [-0.05, 0) is 118 Å². The normalized spacial score (nSPS) is 21.0. The van der Waals surface area contributed by atoms with Gasteiger partial charge in [0.15, 0.2) is 0 Å². The summed E-state index contributed by atoms with van der Waals surface area (Å²) in [5.41, 5.74) is 14.6. The number of nitrogens with one attached hydrogen (secondary N) is 1. The van der Waals surface area contributed by atoms with Crippen LogP contribution in [0.2, 0.25) is 0 Å². The lowest BCUT2D eigenvalue weighted by atomic mass is 9.63. The van der Waals surface area contributed by atoms with Crippen LogP contribution in [0.5, 0.6) is 17.2 Å². The van der Waals surface area contributed by atoms with E-state index in [9.17, 15) is 9.90 Å². The van der Waals surface area contributed by atoms with Gasteiger partial charge in [-0.1, -0.05) is 33.8 Å². The molecule has 8 heteroatoms. The van der Waals surface area contributed by atoms with Crippen LogP contribution < -0.4 is 25.3 Å². The zero-order valence-electron chi connectivity index (χ0n) is 31.3. The van der Waals surface area contributed by atoms with Crippen LogP contribution in [0.15, 0.2) is 54.3 Å². The third-order valence-electron chi connectivity index (χ3n) is 10.4. The fourth-order valence-corrected chi connectivity index (χ4v) is 7.52. The average molecular weight is 669 g/mol. The Labute approximate surface area is 291 Å². The molecule has 6 rings (SSSR count). The number of rotatable bonds is 3. The number of carbonyl (C=O) groups is 1. The first-order valence-electron chi connectivity index (χ1n) is 16.8. The Morgan fingerprint density at radius 1 is 0.816 bits per heavy atom. The molecule has 0 saturated heterocycles. The van der Waals surface area contributed by atoms with E-state index in [-0.39, 0.29) is 11.3 Å². The highest BCUT2D eigenvalue weighted by molar-refractivity contribution is 5.85. The molecule has 4 N–H and O–H groups in total. The molecule has 0 saturated carbocycles. The molecule has 262 valence electrons. The SMILES string of the molecule is COc1cc2c(cc1C)-c1cc(C)c(N)cc1OC2(C)C.COc1cc2c(cc1C)C1=CC(C)C(NC(=O)O)(C(C)(C)C)C=C1OC2(C)C. The largest absolute Gasteiger partial charge is 0.496 e. The van der Waals surface area contributed by atoms with Crippen molar-refractivity contribution in [1.82, 2.24) is 5.32 Å². The summed E-state index contributed by atoms with van der Waals surface area (Å²) in [6.45, 7) is 22.5. The van der Waals surface area contributed by atoms with E-state index in [2.05, 4.69) is 63.4 Å². The van der Waals surface area contributed by atoms with Crippen molar-refractivity contribution < 1.29 is 28.8 Å². The van der Waals surface area contributed by atoms with Crippen molar-refractivity contribution in [3.05, 3.63) is 87.7 Å². The van der Waals surface area contributed by atoms with E-state index in [0.717, 1.165) is 73.2 Å². The van der Waals surface area contributed by atoms with Crippen LogP contribution in [0, 0.1) is 32.1 Å². The van der Waals surface area contributed by atoms with E-state index in [1.807, 2.05) is 66.7 Å². The van der Waals surface area contributed by atoms with E-state index in [0.29, 0.717) is 0 Å². The zero-order chi connectivity index (χ0) is 36.4. The molecule has 3 aromatic rings. The number of allylic oxidation sites excluding steroid dienone is 1. The summed E-state index contributed by atoms with van der Waals surface area (Å²) in [5, 5.41) is 12.3. The van der Waals surface area contributed by atoms with Gasteiger partial charge in [0.25, 0.3) is 0 Å². The number of nitrogens with two attached hydrogens (primary N) is 1. The molecule has 1 aliphatic carbocycles. The topological polar surface area (TPSA) is 112 Å². The summed E-state index contributed by atoms with van der Waals surface area (Å²) in [4.78, 5) is 11.7. The van der Waals surface area contributed by atoms with Crippen LogP contribution >= 0.6 is 0 Å². The number of nitrogen functional groups attached to an aromatic ring is 1. The summed E-state index contributed by atoms with van der Waals surface area (Å²) in [6.07, 6.45) is 3.08. The van der Waals surface area contributed by atoms with Gasteiger partial charge in [0, 0.05) is 39.9 Å². The first kappa shape index (κ1) is 35.7. The van der Waals surface area contributed by atoms with Gasteiger partial charge >= 0.3 is 6.09 Å². The van der Waals surface area contributed by atoms with Crippen LogP contribution in [0.25, 0.3) is 16.7 Å². The second-order valence-electron chi connectivity index (χ2n) is 15.6. The Kier molecular flexibility index (Phi) is 8.80. The maximum Gasteiger partial charge on any atom is 0.405 e. The highest BCUT2D eigenvalue weighted by atomic mass is 16.5. The molecular formula is C41H52N2O6. The third-order valence-corrected chi connectivity index (χ3v) is 10.4. The monoisotopic (exact) mass is 668 g/mol. The Morgan fingerprint density at radius 3 is 1.86 bits per heavy atom. The van der Waals surface area contributed by atoms with Gasteiger partial charge in [0.2, 0.25) is 0 Å². The van der Waals surface area contributed by atoms with Gasteiger partial charge < -0.3 is 35.1 Å². The van der Waals surface area contributed by atoms with Gasteiger partial charge in [0.1, 0.15) is 34.2 Å². The molecule has 49 heavy (non-hydrogen) atoms. The van der Waals surface area contributed by atoms with Crippen molar-refractivity contribution in [3.8, 4) is 28.4 Å². The minimum Gasteiger partial charge on any atom is -0.496 e. The quantitative estimate of drug-likeness (QED) is 0.238. The lowest BCUT2D eigenvalue weighted by Gasteiger charge is -2.50. The first-order chi connectivity index (χ1) is 22.7. The summed E-state index contributed by atoms with van der Waals surface area (Å²) < 4.78 is 23.6. The molecule has 0 radical (unpaired) electrons. The highest BCUT2D eigenvalue weighted by Crippen LogP contribution is 2.52. The number of benzene rings is 3. The van der Waals surface area contributed by atoms with E-state index >= 15 is 0 Å². The minimum atomic E-state index is -1.04. The molecule has 1 amide bonds. The second-order valence-corrected chi connectivity index (χ2v) is 15.6. The zero-order valence-corrected chi connectivity index (χ0v) is 31.3. The van der Waals surface area contributed by atoms with Gasteiger partial charge in [-0.3, -0.25) is 0 Å². The maximum atomic E-state index is 11.7. The Bertz CT molecular complexity index is 1890. The van der Waals surface area contributed by atoms with E-state index in [4.69, 9.17) is 24.7 Å². The van der Waals surface area contributed by atoms with Crippen molar-refractivity contribution in [3.63, 3.8) is 0 Å². The van der Waals surface area contributed by atoms with Crippen LogP contribution in [-0.4, -0.2) is 31.0 Å². The van der Waals surface area contributed by atoms with Crippen LogP contribution in [0.3, 0.4) is 0 Å². The van der Waals surface area contributed by atoms with Gasteiger partial charge in [-0.15, -0.1) is 0 Å². The number of hydrogen-bond acceptors (Lipinski definition) is 6. The molecule has 3 aromatic carbocycles. The van der Waals surface area contributed by atoms with E-state index < -0.39 is 22.8 Å². The molecule has 8 nitrogen and oxygen atoms in total. The predicted molar refractivity (Wildman–Crippen MR) is 196 cm³/mol. The van der Waals surface area contributed by atoms with E-state index in [1.165, 1.54) is 5.56 Å². The van der Waals surface area contributed by atoms with Gasteiger partial charge in [-0.25, -0.2) is 4.79 Å². The van der Waals surface area contributed by atoms with E-state index in [1.54, 1.807) is 14.2 Å². The van der Waals surface area contributed by atoms with Crippen molar-refractivity contribution in [1.29, 1.82) is 0 Å². The standard InChI is InChI=1S/C23H31NO4.C18H21NO2/c1-13-9-15-16-10-14(2)23(21(3,4)5,24-20(25)26)12-19(16)28-22(6,7)17(15)11-18(13)27-8;1-10-6-13-12-7-11(2)16(20-5)8-14(12)18(3,4)21-17(13)9-15(10)19/h9-12,14,24H,1-8H3,(H,25,26);6-9H,19H2,1-5H3. The fraction of sp³-hybridized carbons (Fsp3) is 0.439. The van der Waals surface area contributed by atoms with Crippen molar-refractivity contribution in [2.75, 3.05) is 20.0 Å². The summed E-state index contributed by atoms with van der Waals surface area (Å²) >= 11 is 0. The fourth-order valence-electron chi connectivity index (χ4n) is 7.52. The number of hydrogen-bond donors (Lipinski definition) is 3. The molecule has 2 unspecified atom stereocenters. The molecule has 0 bridgehead atoms. The molecule has 2 atom stereocenters. The summed E-state index contributed by atoms with van der Waals surface area (Å²) in [6, 6.07) is 12.5. The smallest absolute Gasteiger partial charge is 0.405 e. The number of amides is 1. The number of aryl methyl sites for hydroxylation is 3. The summed E-state index contributed by atoms with van der Waals surface area (Å²) in [7, 11) is 3.37. The molecule has 2 heterocycles. The number of methoxy groups -OCH3 is 2. The van der Waals surface area contributed by atoms with Gasteiger partial charge in [0.05, 0.1) is 19.8 Å². The molecule has 2 aliphatic heterocycles. The van der Waals surface area contributed by atoms with Crippen molar-refractivity contribution in [2.45, 2.75) is 92.9 Å². The molecule has 0 fully saturated rings. The Morgan fingerprint density at radius 2 is 1.33 bits per heavy atom. The first-order valence-corrected chi connectivity index (χ1v) is 16.8. The number of ether oxygens (including phenoxy) is 4. The predicted octanol–water partition coefficient (Wildman–Crippen LogP) is 9.43. The molecule has 0 aromatic heterocycles.